The topological polar surface area (TPSA) is 43.2 Å². The van der Waals surface area contributed by atoms with E-state index >= 15 is 0 Å². The second-order valence-corrected chi connectivity index (χ2v) is 8.48. The van der Waals surface area contributed by atoms with Crippen molar-refractivity contribution < 1.29 is 4.74 Å². The zero-order chi connectivity index (χ0) is 19.9. The highest BCUT2D eigenvalue weighted by Crippen LogP contribution is 2.24. The van der Waals surface area contributed by atoms with E-state index in [0.717, 1.165) is 47.8 Å². The van der Waals surface area contributed by atoms with Gasteiger partial charge in [0.2, 0.25) is 0 Å². The van der Waals surface area contributed by atoms with Crippen molar-refractivity contribution in [1.29, 1.82) is 0 Å². The molecule has 0 spiro atoms. The van der Waals surface area contributed by atoms with Crippen LogP contribution in [0.3, 0.4) is 0 Å². The number of thioether (sulfide) groups is 1. The smallest absolute Gasteiger partial charge is 0.195 e. The molecule has 1 saturated heterocycles. The molecule has 0 radical (unpaired) electrons. The van der Waals surface area contributed by atoms with Crippen molar-refractivity contribution in [3.63, 3.8) is 0 Å². The van der Waals surface area contributed by atoms with Crippen LogP contribution < -0.4 is 4.74 Å². The molecular weight excluding hydrogens is 380 g/mol. The lowest BCUT2D eigenvalue weighted by Crippen LogP contribution is -2.30. The standard InChI is InChI=1S/C23H28N4OS/c1-19-9-8-12-21(17-19)28-15-16-29-23-25-24-22(18-26-13-6-3-7-14-26)27(23)20-10-4-2-5-11-20/h2,4-5,8-12,17H,3,6-7,13-16,18H2,1H3. The van der Waals surface area contributed by atoms with Gasteiger partial charge in [0.25, 0.3) is 0 Å². The summed E-state index contributed by atoms with van der Waals surface area (Å²) in [6.45, 7) is 5.86. The quantitative estimate of drug-likeness (QED) is 0.398. The molecule has 2 aromatic carbocycles. The number of hydrogen-bond donors (Lipinski definition) is 0. The van der Waals surface area contributed by atoms with E-state index in [2.05, 4.69) is 63.0 Å². The van der Waals surface area contributed by atoms with Crippen LogP contribution in [0.1, 0.15) is 30.7 Å². The molecule has 0 saturated carbocycles. The van der Waals surface area contributed by atoms with Crippen molar-refractivity contribution in [3.05, 3.63) is 66.0 Å². The summed E-state index contributed by atoms with van der Waals surface area (Å²) in [7, 11) is 0. The van der Waals surface area contributed by atoms with Gasteiger partial charge in [-0.1, -0.05) is 48.5 Å². The molecule has 1 aromatic heterocycles. The highest BCUT2D eigenvalue weighted by atomic mass is 32.2. The fourth-order valence-corrected chi connectivity index (χ4v) is 4.44. The second-order valence-electron chi connectivity index (χ2n) is 7.42. The van der Waals surface area contributed by atoms with Crippen molar-refractivity contribution in [2.75, 3.05) is 25.4 Å². The maximum atomic E-state index is 5.90. The molecule has 1 aliphatic heterocycles. The van der Waals surface area contributed by atoms with Gasteiger partial charge in [0.05, 0.1) is 13.2 Å². The third-order valence-electron chi connectivity index (χ3n) is 5.10. The van der Waals surface area contributed by atoms with Gasteiger partial charge in [-0.05, 0) is 62.7 Å². The Bertz CT molecular complexity index is 906. The number of hydrogen-bond acceptors (Lipinski definition) is 5. The number of nitrogens with zero attached hydrogens (tertiary/aromatic N) is 4. The Morgan fingerprint density at radius 1 is 0.966 bits per heavy atom. The van der Waals surface area contributed by atoms with E-state index in [1.54, 1.807) is 11.8 Å². The Hall–Kier alpha value is -2.31. The van der Waals surface area contributed by atoms with E-state index in [9.17, 15) is 0 Å². The number of benzene rings is 2. The summed E-state index contributed by atoms with van der Waals surface area (Å²) in [5.41, 5.74) is 2.33. The minimum absolute atomic E-state index is 0.636. The molecule has 1 aliphatic rings. The van der Waals surface area contributed by atoms with Crippen molar-refractivity contribution in [2.24, 2.45) is 0 Å². The highest BCUT2D eigenvalue weighted by Gasteiger charge is 2.18. The summed E-state index contributed by atoms with van der Waals surface area (Å²) in [5, 5.41) is 9.98. The van der Waals surface area contributed by atoms with E-state index in [0.29, 0.717) is 6.61 Å². The average Bonchev–Trinajstić information content (AvgIpc) is 3.15. The predicted molar refractivity (Wildman–Crippen MR) is 118 cm³/mol. The first-order valence-corrected chi connectivity index (χ1v) is 11.3. The van der Waals surface area contributed by atoms with Gasteiger partial charge in [0, 0.05) is 11.4 Å². The molecule has 0 unspecified atom stereocenters. The first kappa shape index (κ1) is 20.0. The van der Waals surface area contributed by atoms with Crippen LogP contribution in [0.25, 0.3) is 5.69 Å². The van der Waals surface area contributed by atoms with Gasteiger partial charge in [-0.15, -0.1) is 10.2 Å². The first-order chi connectivity index (χ1) is 14.3. The third-order valence-corrected chi connectivity index (χ3v) is 5.99. The zero-order valence-electron chi connectivity index (χ0n) is 17.0. The van der Waals surface area contributed by atoms with Gasteiger partial charge >= 0.3 is 0 Å². The largest absolute Gasteiger partial charge is 0.493 e. The van der Waals surface area contributed by atoms with Crippen LogP contribution in [-0.4, -0.2) is 45.1 Å². The van der Waals surface area contributed by atoms with Gasteiger partial charge in [0.15, 0.2) is 11.0 Å². The lowest BCUT2D eigenvalue weighted by atomic mass is 10.1. The van der Waals surface area contributed by atoms with Gasteiger partial charge in [0.1, 0.15) is 5.75 Å². The molecule has 3 aromatic rings. The summed E-state index contributed by atoms with van der Waals surface area (Å²) in [6.07, 6.45) is 3.89. The average molecular weight is 409 g/mol. The lowest BCUT2D eigenvalue weighted by molar-refractivity contribution is 0.214. The number of piperidine rings is 1. The third kappa shape index (κ3) is 5.40. The van der Waals surface area contributed by atoms with E-state index in [1.807, 2.05) is 18.2 Å². The number of rotatable bonds is 8. The minimum atomic E-state index is 0.636. The minimum Gasteiger partial charge on any atom is -0.493 e. The first-order valence-electron chi connectivity index (χ1n) is 10.3. The van der Waals surface area contributed by atoms with Crippen LogP contribution in [0.15, 0.2) is 59.8 Å². The van der Waals surface area contributed by atoms with Crippen LogP contribution in [0.4, 0.5) is 0 Å². The number of aryl methyl sites for hydroxylation is 1. The Labute approximate surface area is 177 Å². The van der Waals surface area contributed by atoms with Crippen molar-refractivity contribution >= 4 is 11.8 Å². The SMILES string of the molecule is Cc1cccc(OCCSc2nnc(CN3CCCCC3)n2-c2ccccc2)c1. The lowest BCUT2D eigenvalue weighted by Gasteiger charge is -2.26. The van der Waals surface area contributed by atoms with Crippen LogP contribution in [-0.2, 0) is 6.54 Å². The van der Waals surface area contributed by atoms with Crippen LogP contribution in [0, 0.1) is 6.92 Å². The van der Waals surface area contributed by atoms with Crippen LogP contribution in [0.5, 0.6) is 5.75 Å². The summed E-state index contributed by atoms with van der Waals surface area (Å²) in [4.78, 5) is 2.49. The molecule has 0 atom stereocenters. The number of aromatic nitrogens is 3. The molecule has 29 heavy (non-hydrogen) atoms. The highest BCUT2D eigenvalue weighted by molar-refractivity contribution is 7.99. The summed E-state index contributed by atoms with van der Waals surface area (Å²) in [6, 6.07) is 18.6. The molecule has 4 rings (SSSR count). The molecule has 0 aliphatic carbocycles. The molecule has 0 N–H and O–H groups in total. The Balaban J connectivity index is 1.44. The van der Waals surface area contributed by atoms with E-state index in [-0.39, 0.29) is 0 Å². The van der Waals surface area contributed by atoms with Crippen molar-refractivity contribution in [1.82, 2.24) is 19.7 Å². The van der Waals surface area contributed by atoms with E-state index in [1.165, 1.54) is 24.8 Å². The Kier molecular flexibility index (Phi) is 6.85. The summed E-state index contributed by atoms with van der Waals surface area (Å²) < 4.78 is 8.10. The van der Waals surface area contributed by atoms with Crippen molar-refractivity contribution in [2.45, 2.75) is 37.9 Å². The van der Waals surface area contributed by atoms with E-state index in [4.69, 9.17) is 4.74 Å². The fraction of sp³-hybridized carbons (Fsp3) is 0.391. The zero-order valence-corrected chi connectivity index (χ0v) is 17.8. The molecule has 6 heteroatoms. The van der Waals surface area contributed by atoms with Gasteiger partial charge in [-0.2, -0.15) is 0 Å². The Morgan fingerprint density at radius 2 is 1.79 bits per heavy atom. The molecule has 152 valence electrons. The van der Waals surface area contributed by atoms with Crippen molar-refractivity contribution in [3.8, 4) is 11.4 Å². The molecular formula is C23H28N4OS. The second kappa shape index (κ2) is 9.94. The van der Waals surface area contributed by atoms with Gasteiger partial charge < -0.3 is 4.74 Å². The number of para-hydroxylation sites is 1. The Morgan fingerprint density at radius 3 is 2.59 bits per heavy atom. The summed E-state index contributed by atoms with van der Waals surface area (Å²) in [5.74, 6) is 2.75. The monoisotopic (exact) mass is 408 g/mol. The normalized spacial score (nSPS) is 14.8. The molecule has 0 bridgehead atoms. The van der Waals surface area contributed by atoms with Gasteiger partial charge in [-0.25, -0.2) is 0 Å². The maximum absolute atomic E-state index is 5.90. The molecule has 5 nitrogen and oxygen atoms in total. The fourth-order valence-electron chi connectivity index (χ4n) is 3.65. The molecule has 1 fully saturated rings. The number of ether oxygens (including phenoxy) is 1. The maximum Gasteiger partial charge on any atom is 0.195 e. The van der Waals surface area contributed by atoms with Crippen LogP contribution >= 0.6 is 11.8 Å². The molecule has 0 amide bonds. The van der Waals surface area contributed by atoms with Gasteiger partial charge in [-0.3, -0.25) is 9.47 Å². The number of likely N-dealkylation sites (tertiary alicyclic amines) is 1. The summed E-state index contributed by atoms with van der Waals surface area (Å²) >= 11 is 1.69. The molecule has 2 heterocycles. The van der Waals surface area contributed by atoms with E-state index < -0.39 is 0 Å². The predicted octanol–water partition coefficient (Wildman–Crippen LogP) is 4.73. The van der Waals surface area contributed by atoms with Crippen LogP contribution in [0.2, 0.25) is 0 Å².